The van der Waals surface area contributed by atoms with Crippen LogP contribution < -0.4 is 5.32 Å². The van der Waals surface area contributed by atoms with Crippen LogP contribution >= 0.6 is 0 Å². The first-order valence-corrected chi connectivity index (χ1v) is 6.36. The van der Waals surface area contributed by atoms with Gasteiger partial charge in [-0.15, -0.1) is 0 Å². The predicted molar refractivity (Wildman–Crippen MR) is 67.2 cm³/mol. The summed E-state index contributed by atoms with van der Waals surface area (Å²) < 4.78 is 5.36. The fourth-order valence-electron chi connectivity index (χ4n) is 2.31. The second-order valence-electron chi connectivity index (χ2n) is 4.90. The molecular formula is C13H20N2O3. The Kier molecular flexibility index (Phi) is 4.38. The van der Waals surface area contributed by atoms with Crippen molar-refractivity contribution in [2.24, 2.45) is 0 Å². The topological polar surface area (TPSA) is 65.7 Å². The van der Waals surface area contributed by atoms with Gasteiger partial charge in [-0.05, 0) is 25.5 Å². The number of nitrogens with zero attached hydrogens (tertiary/aromatic N) is 1. The third kappa shape index (κ3) is 3.58. The van der Waals surface area contributed by atoms with Gasteiger partial charge in [0, 0.05) is 31.6 Å². The third-order valence-electron chi connectivity index (χ3n) is 3.43. The van der Waals surface area contributed by atoms with Crippen molar-refractivity contribution in [3.8, 4) is 0 Å². The highest BCUT2D eigenvalue weighted by Gasteiger charge is 2.25. The number of aliphatic carboxylic acids is 1. The molecule has 0 radical (unpaired) electrons. The summed E-state index contributed by atoms with van der Waals surface area (Å²) in [6.45, 7) is 4.73. The summed E-state index contributed by atoms with van der Waals surface area (Å²) in [7, 11) is 0. The maximum absolute atomic E-state index is 10.6. The first-order valence-electron chi connectivity index (χ1n) is 6.36. The van der Waals surface area contributed by atoms with Gasteiger partial charge in [-0.3, -0.25) is 9.69 Å². The number of carboxylic acid groups (broad SMARTS) is 1. The van der Waals surface area contributed by atoms with Gasteiger partial charge in [-0.1, -0.05) is 0 Å². The summed E-state index contributed by atoms with van der Waals surface area (Å²) in [5.74, 6) is 0.230. The van der Waals surface area contributed by atoms with E-state index in [-0.39, 0.29) is 12.5 Å². The van der Waals surface area contributed by atoms with Crippen molar-refractivity contribution in [3.05, 3.63) is 24.2 Å². The first-order chi connectivity index (χ1) is 8.65. The molecule has 1 aliphatic heterocycles. The molecule has 0 spiro atoms. The van der Waals surface area contributed by atoms with Crippen molar-refractivity contribution >= 4 is 5.97 Å². The van der Waals surface area contributed by atoms with E-state index in [1.807, 2.05) is 12.1 Å². The molecule has 0 amide bonds. The quantitative estimate of drug-likeness (QED) is 0.827. The molecular weight excluding hydrogens is 232 g/mol. The molecule has 5 heteroatoms. The molecule has 100 valence electrons. The highest BCUT2D eigenvalue weighted by atomic mass is 16.4. The predicted octanol–water partition coefficient (Wildman–Crippen LogP) is 1.31. The lowest BCUT2D eigenvalue weighted by Crippen LogP contribution is -2.54. The van der Waals surface area contributed by atoms with Crippen LogP contribution in [0.4, 0.5) is 0 Å². The molecule has 1 saturated heterocycles. The lowest BCUT2D eigenvalue weighted by Gasteiger charge is -2.38. The standard InChI is InChI=1S/C13H20N2O3/c1-10-7-14-11(4-5-13(16)17)8-15(10)9-12-3-2-6-18-12/h2-3,6,10-11,14H,4-5,7-9H2,1H3,(H,16,17). The van der Waals surface area contributed by atoms with E-state index in [1.165, 1.54) is 0 Å². The molecule has 0 saturated carbocycles. The minimum atomic E-state index is -0.729. The molecule has 0 bridgehead atoms. The molecule has 18 heavy (non-hydrogen) atoms. The van der Waals surface area contributed by atoms with E-state index in [0.717, 1.165) is 25.4 Å². The van der Waals surface area contributed by atoms with E-state index in [2.05, 4.69) is 17.1 Å². The summed E-state index contributed by atoms with van der Waals surface area (Å²) in [5.41, 5.74) is 0. The van der Waals surface area contributed by atoms with Crippen molar-refractivity contribution in [2.45, 2.75) is 38.4 Å². The number of hydrogen-bond acceptors (Lipinski definition) is 4. The number of hydrogen-bond donors (Lipinski definition) is 2. The molecule has 0 aromatic carbocycles. The fraction of sp³-hybridized carbons (Fsp3) is 0.615. The Hall–Kier alpha value is -1.33. The van der Waals surface area contributed by atoms with Gasteiger partial charge >= 0.3 is 5.97 Å². The van der Waals surface area contributed by atoms with Crippen LogP contribution in [0.25, 0.3) is 0 Å². The summed E-state index contributed by atoms with van der Waals surface area (Å²) in [6.07, 6.45) is 2.58. The molecule has 2 heterocycles. The number of nitrogens with one attached hydrogen (secondary N) is 1. The molecule has 5 nitrogen and oxygen atoms in total. The van der Waals surface area contributed by atoms with E-state index in [1.54, 1.807) is 6.26 Å². The molecule has 1 aliphatic rings. The number of carbonyl (C=O) groups is 1. The Morgan fingerprint density at radius 3 is 3.17 bits per heavy atom. The van der Waals surface area contributed by atoms with Gasteiger partial charge in [0.25, 0.3) is 0 Å². The van der Waals surface area contributed by atoms with Crippen LogP contribution in [-0.4, -0.2) is 41.1 Å². The summed E-state index contributed by atoms with van der Waals surface area (Å²) in [5, 5.41) is 12.1. The van der Waals surface area contributed by atoms with E-state index >= 15 is 0 Å². The zero-order valence-electron chi connectivity index (χ0n) is 10.6. The largest absolute Gasteiger partial charge is 0.481 e. The van der Waals surface area contributed by atoms with Gasteiger partial charge < -0.3 is 14.8 Å². The Bertz CT molecular complexity index is 378. The maximum Gasteiger partial charge on any atom is 0.303 e. The van der Waals surface area contributed by atoms with Crippen LogP contribution in [0.2, 0.25) is 0 Å². The smallest absolute Gasteiger partial charge is 0.303 e. The lowest BCUT2D eigenvalue weighted by molar-refractivity contribution is -0.137. The van der Waals surface area contributed by atoms with Gasteiger partial charge in [0.2, 0.25) is 0 Å². The average molecular weight is 252 g/mol. The van der Waals surface area contributed by atoms with Crippen LogP contribution in [-0.2, 0) is 11.3 Å². The van der Waals surface area contributed by atoms with Gasteiger partial charge in [0.05, 0.1) is 12.8 Å². The number of piperazine rings is 1. The average Bonchev–Trinajstić information content (AvgIpc) is 2.83. The normalized spacial score (nSPS) is 25.2. The Morgan fingerprint density at radius 2 is 2.50 bits per heavy atom. The van der Waals surface area contributed by atoms with Gasteiger partial charge in [-0.2, -0.15) is 0 Å². The van der Waals surface area contributed by atoms with E-state index in [4.69, 9.17) is 9.52 Å². The SMILES string of the molecule is CC1CNC(CCC(=O)O)CN1Cc1ccco1. The highest BCUT2D eigenvalue weighted by molar-refractivity contribution is 5.66. The molecule has 2 unspecified atom stereocenters. The fourth-order valence-corrected chi connectivity index (χ4v) is 2.31. The zero-order chi connectivity index (χ0) is 13.0. The maximum atomic E-state index is 10.6. The Morgan fingerprint density at radius 1 is 1.67 bits per heavy atom. The van der Waals surface area contributed by atoms with E-state index in [0.29, 0.717) is 12.5 Å². The van der Waals surface area contributed by atoms with Crippen LogP contribution in [0.15, 0.2) is 22.8 Å². The monoisotopic (exact) mass is 252 g/mol. The third-order valence-corrected chi connectivity index (χ3v) is 3.43. The van der Waals surface area contributed by atoms with Gasteiger partial charge in [0.1, 0.15) is 5.76 Å². The second kappa shape index (κ2) is 6.02. The van der Waals surface area contributed by atoms with Crippen molar-refractivity contribution in [3.63, 3.8) is 0 Å². The van der Waals surface area contributed by atoms with Crippen molar-refractivity contribution in [1.82, 2.24) is 10.2 Å². The molecule has 2 rings (SSSR count). The van der Waals surface area contributed by atoms with Crippen LogP contribution in [0.1, 0.15) is 25.5 Å². The van der Waals surface area contributed by atoms with Crippen molar-refractivity contribution in [1.29, 1.82) is 0 Å². The van der Waals surface area contributed by atoms with Crippen LogP contribution in [0.3, 0.4) is 0 Å². The van der Waals surface area contributed by atoms with Gasteiger partial charge in [0.15, 0.2) is 0 Å². The van der Waals surface area contributed by atoms with E-state index in [9.17, 15) is 4.79 Å². The molecule has 2 N–H and O–H groups in total. The summed E-state index contributed by atoms with van der Waals surface area (Å²) in [6, 6.07) is 4.56. The molecule has 2 atom stereocenters. The zero-order valence-corrected chi connectivity index (χ0v) is 10.6. The summed E-state index contributed by atoms with van der Waals surface area (Å²) in [4.78, 5) is 12.9. The Balaban J connectivity index is 1.86. The Labute approximate surface area is 107 Å². The van der Waals surface area contributed by atoms with Gasteiger partial charge in [-0.25, -0.2) is 0 Å². The number of furan rings is 1. The molecule has 1 aromatic rings. The van der Waals surface area contributed by atoms with Crippen LogP contribution in [0.5, 0.6) is 0 Å². The van der Waals surface area contributed by atoms with Crippen molar-refractivity contribution in [2.75, 3.05) is 13.1 Å². The second-order valence-corrected chi connectivity index (χ2v) is 4.90. The molecule has 1 aromatic heterocycles. The molecule has 1 fully saturated rings. The first kappa shape index (κ1) is 13.1. The number of rotatable bonds is 5. The summed E-state index contributed by atoms with van der Waals surface area (Å²) >= 11 is 0. The minimum absolute atomic E-state index is 0.223. The number of carboxylic acids is 1. The van der Waals surface area contributed by atoms with E-state index < -0.39 is 5.97 Å². The lowest BCUT2D eigenvalue weighted by atomic mass is 10.1. The highest BCUT2D eigenvalue weighted by Crippen LogP contribution is 2.14. The molecule has 0 aliphatic carbocycles. The minimum Gasteiger partial charge on any atom is -0.481 e. The van der Waals surface area contributed by atoms with Crippen molar-refractivity contribution < 1.29 is 14.3 Å². The van der Waals surface area contributed by atoms with Crippen LogP contribution in [0, 0.1) is 0 Å².